The second-order valence-electron chi connectivity index (χ2n) is 7.73. The molecule has 1 aliphatic rings. The molecule has 0 saturated heterocycles. The van der Waals surface area contributed by atoms with E-state index in [1.807, 2.05) is 49.1 Å². The molecule has 7 heteroatoms. The van der Waals surface area contributed by atoms with E-state index in [-0.39, 0.29) is 11.2 Å². The number of rotatable bonds is 7. The first-order valence-corrected chi connectivity index (χ1v) is 12.4. The molecular weight excluding hydrogens is 424 g/mol. The number of carbonyl (C=O) groups excluding carboxylic acids is 1. The Bertz CT molecular complexity index is 1210. The number of hydrogen-bond acceptors (Lipinski definition) is 5. The molecule has 0 aliphatic heterocycles. The van der Waals surface area contributed by atoms with E-state index in [1.165, 1.54) is 11.8 Å². The van der Waals surface area contributed by atoms with Crippen molar-refractivity contribution < 1.29 is 4.79 Å². The lowest BCUT2D eigenvalue weighted by molar-refractivity contribution is -0.117. The van der Waals surface area contributed by atoms with Crippen molar-refractivity contribution in [2.45, 2.75) is 43.1 Å². The third-order valence-corrected chi connectivity index (χ3v) is 7.50. The average molecular weight is 449 g/mol. The minimum atomic E-state index is -0.267. The van der Waals surface area contributed by atoms with Crippen molar-refractivity contribution >= 4 is 45.5 Å². The fraction of sp³-hybridized carbons (Fsp3) is 0.292. The molecule has 31 heavy (non-hydrogen) atoms. The van der Waals surface area contributed by atoms with E-state index >= 15 is 0 Å². The molecule has 1 fully saturated rings. The first kappa shape index (κ1) is 20.3. The summed E-state index contributed by atoms with van der Waals surface area (Å²) in [5, 5.41) is 13.8. The Hall–Kier alpha value is -2.64. The van der Waals surface area contributed by atoms with Crippen molar-refractivity contribution in [3.05, 3.63) is 60.0 Å². The molecule has 1 amide bonds. The van der Waals surface area contributed by atoms with E-state index in [9.17, 15) is 4.79 Å². The maximum absolute atomic E-state index is 13.5. The lowest BCUT2D eigenvalue weighted by Gasteiger charge is -2.25. The third kappa shape index (κ3) is 3.88. The van der Waals surface area contributed by atoms with Crippen molar-refractivity contribution in [1.82, 2.24) is 14.8 Å². The molecule has 1 saturated carbocycles. The summed E-state index contributed by atoms with van der Waals surface area (Å²) in [7, 11) is 0. The molecule has 2 aromatic heterocycles. The fourth-order valence-corrected chi connectivity index (χ4v) is 5.60. The number of anilines is 1. The summed E-state index contributed by atoms with van der Waals surface area (Å²) in [6.45, 7) is 4.61. The highest BCUT2D eigenvalue weighted by molar-refractivity contribution is 8.00. The fourth-order valence-electron chi connectivity index (χ4n) is 3.91. The van der Waals surface area contributed by atoms with Gasteiger partial charge in [0.25, 0.3) is 0 Å². The van der Waals surface area contributed by atoms with E-state index < -0.39 is 0 Å². The molecule has 5 rings (SSSR count). The van der Waals surface area contributed by atoms with Crippen molar-refractivity contribution in [1.29, 1.82) is 0 Å². The summed E-state index contributed by atoms with van der Waals surface area (Å²) >= 11 is 3.18. The molecule has 4 aromatic rings. The van der Waals surface area contributed by atoms with Gasteiger partial charge in [0, 0.05) is 18.0 Å². The largest absolute Gasteiger partial charge is 0.311 e. The Balaban J connectivity index is 1.43. The summed E-state index contributed by atoms with van der Waals surface area (Å²) < 4.78 is 2.23. The summed E-state index contributed by atoms with van der Waals surface area (Å²) in [5.74, 6) is 1.01. The monoisotopic (exact) mass is 448 g/mol. The Morgan fingerprint density at radius 2 is 1.97 bits per heavy atom. The molecule has 0 spiro atoms. The van der Waals surface area contributed by atoms with Crippen LogP contribution in [-0.2, 0) is 4.79 Å². The first-order valence-electron chi connectivity index (χ1n) is 10.6. The number of thioether (sulfide) groups is 1. The lowest BCUT2D eigenvalue weighted by atomic mass is 10.1. The number of amides is 1. The molecule has 158 valence electrons. The van der Waals surface area contributed by atoms with Crippen LogP contribution in [0.5, 0.6) is 0 Å². The van der Waals surface area contributed by atoms with Crippen LogP contribution in [0.15, 0.2) is 65.1 Å². The maximum Gasteiger partial charge on any atom is 0.240 e. The Morgan fingerprint density at radius 3 is 2.71 bits per heavy atom. The smallest absolute Gasteiger partial charge is 0.240 e. The van der Waals surface area contributed by atoms with Gasteiger partial charge in [-0.3, -0.25) is 9.36 Å². The molecule has 0 bridgehead atoms. The van der Waals surface area contributed by atoms with Crippen LogP contribution >= 0.6 is 23.1 Å². The van der Waals surface area contributed by atoms with E-state index in [2.05, 4.69) is 44.4 Å². The highest BCUT2D eigenvalue weighted by Crippen LogP contribution is 2.42. The molecule has 2 heterocycles. The van der Waals surface area contributed by atoms with Crippen LogP contribution in [0.1, 0.15) is 32.7 Å². The summed E-state index contributed by atoms with van der Waals surface area (Å²) in [6.07, 6.45) is 2.28. The van der Waals surface area contributed by atoms with E-state index in [4.69, 9.17) is 0 Å². The van der Waals surface area contributed by atoms with Crippen LogP contribution in [0, 0.1) is 0 Å². The van der Waals surface area contributed by atoms with Gasteiger partial charge in [-0.25, -0.2) is 0 Å². The molecule has 0 N–H and O–H groups in total. The maximum atomic E-state index is 13.5. The van der Waals surface area contributed by atoms with Gasteiger partial charge in [-0.2, -0.15) is 0 Å². The van der Waals surface area contributed by atoms with Gasteiger partial charge in [-0.05, 0) is 49.6 Å². The predicted octanol–water partition coefficient (Wildman–Crippen LogP) is 6.03. The molecule has 2 aromatic carbocycles. The molecule has 5 nitrogen and oxygen atoms in total. The predicted molar refractivity (Wildman–Crippen MR) is 129 cm³/mol. The lowest BCUT2D eigenvalue weighted by Crippen LogP contribution is -2.36. The number of aromatic nitrogens is 3. The molecular formula is C24H24N4OS2. The SMILES string of the molecule is CCN(C(=O)C(C)Sc1nnc(-c2cccs2)n1C1CC1)c1cccc2ccccc12. The zero-order chi connectivity index (χ0) is 21.4. The van der Waals surface area contributed by atoms with Crippen LogP contribution in [0.25, 0.3) is 21.5 Å². The van der Waals surface area contributed by atoms with Crippen molar-refractivity contribution in [2.75, 3.05) is 11.4 Å². The van der Waals surface area contributed by atoms with Crippen LogP contribution in [0.3, 0.4) is 0 Å². The van der Waals surface area contributed by atoms with Crippen molar-refractivity contribution in [2.24, 2.45) is 0 Å². The quantitative estimate of drug-likeness (QED) is 0.324. The van der Waals surface area contributed by atoms with E-state index in [1.54, 1.807) is 11.3 Å². The summed E-state index contributed by atoms with van der Waals surface area (Å²) in [6, 6.07) is 18.9. The van der Waals surface area contributed by atoms with Crippen LogP contribution in [-0.4, -0.2) is 32.5 Å². The zero-order valence-electron chi connectivity index (χ0n) is 17.6. The molecule has 1 atom stereocenters. The number of benzene rings is 2. The standard InChI is InChI=1S/C24H24N4OS2/c1-3-27(20-11-6-9-17-8-4-5-10-19(17)20)23(29)16(2)31-24-26-25-22(21-12-7-15-30-21)28(24)18-13-14-18/h4-12,15-16,18H,3,13-14H2,1-2H3. The summed E-state index contributed by atoms with van der Waals surface area (Å²) in [4.78, 5) is 16.5. The average Bonchev–Trinajstić information content (AvgIpc) is 3.31. The molecule has 1 unspecified atom stereocenters. The summed E-state index contributed by atoms with van der Waals surface area (Å²) in [5.41, 5.74) is 0.959. The van der Waals surface area contributed by atoms with Gasteiger partial charge in [-0.15, -0.1) is 21.5 Å². The van der Waals surface area contributed by atoms with Gasteiger partial charge in [0.2, 0.25) is 5.91 Å². The second kappa shape index (κ2) is 8.48. The van der Waals surface area contributed by atoms with Crippen molar-refractivity contribution in [3.63, 3.8) is 0 Å². The van der Waals surface area contributed by atoms with Gasteiger partial charge >= 0.3 is 0 Å². The third-order valence-electron chi connectivity index (χ3n) is 5.59. The topological polar surface area (TPSA) is 51.0 Å². The van der Waals surface area contributed by atoms with Crippen LogP contribution in [0.4, 0.5) is 5.69 Å². The minimum Gasteiger partial charge on any atom is -0.311 e. The number of thiophene rings is 1. The number of fused-ring (bicyclic) bond motifs is 1. The normalized spacial score (nSPS) is 14.6. The zero-order valence-corrected chi connectivity index (χ0v) is 19.2. The van der Waals surface area contributed by atoms with Gasteiger partial charge in [0.1, 0.15) is 0 Å². The molecule has 0 radical (unpaired) electrons. The van der Waals surface area contributed by atoms with Gasteiger partial charge in [0.05, 0.1) is 15.8 Å². The Kier molecular flexibility index (Phi) is 5.54. The Labute approximate surface area is 190 Å². The van der Waals surface area contributed by atoms with E-state index in [0.717, 1.165) is 45.2 Å². The highest BCUT2D eigenvalue weighted by Gasteiger charge is 2.32. The highest BCUT2D eigenvalue weighted by atomic mass is 32.2. The number of hydrogen-bond donors (Lipinski definition) is 0. The minimum absolute atomic E-state index is 0.0897. The van der Waals surface area contributed by atoms with Crippen LogP contribution < -0.4 is 4.90 Å². The van der Waals surface area contributed by atoms with Gasteiger partial charge in [0.15, 0.2) is 11.0 Å². The number of carbonyl (C=O) groups is 1. The van der Waals surface area contributed by atoms with Gasteiger partial charge in [-0.1, -0.05) is 54.2 Å². The number of nitrogens with zero attached hydrogens (tertiary/aromatic N) is 4. The van der Waals surface area contributed by atoms with Crippen molar-refractivity contribution in [3.8, 4) is 10.7 Å². The molecule has 1 aliphatic carbocycles. The second-order valence-corrected chi connectivity index (χ2v) is 9.98. The van der Waals surface area contributed by atoms with Crippen LogP contribution in [0.2, 0.25) is 0 Å². The first-order chi connectivity index (χ1) is 15.2. The Morgan fingerprint density at radius 1 is 1.16 bits per heavy atom. The van der Waals surface area contributed by atoms with Gasteiger partial charge < -0.3 is 4.90 Å². The van der Waals surface area contributed by atoms with E-state index in [0.29, 0.717) is 12.6 Å².